The molecular formula is C17H27N5O. The number of likely N-dealkylation sites (N-methyl/N-ethyl adjacent to an activating group) is 2. The number of aromatic nitrogens is 1. The summed E-state index contributed by atoms with van der Waals surface area (Å²) in [4.78, 5) is 8.26. The first-order valence-electron chi connectivity index (χ1n) is 7.60. The highest BCUT2D eigenvalue weighted by molar-refractivity contribution is 5.68. The van der Waals surface area contributed by atoms with Crippen LogP contribution in [0.3, 0.4) is 0 Å². The van der Waals surface area contributed by atoms with Crippen LogP contribution in [-0.4, -0.2) is 61.8 Å². The zero-order chi connectivity index (χ0) is 17.6. The Balaban J connectivity index is 3.19. The molecule has 0 aliphatic rings. The van der Waals surface area contributed by atoms with Crippen molar-refractivity contribution in [2.45, 2.75) is 26.1 Å². The Bertz CT molecular complexity index is 569. The molecule has 1 atom stereocenters. The lowest BCUT2D eigenvalue weighted by Gasteiger charge is -2.34. The molecule has 0 aliphatic carbocycles. The summed E-state index contributed by atoms with van der Waals surface area (Å²) < 4.78 is 6.04. The number of hydrogen-bond acceptors (Lipinski definition) is 6. The maximum absolute atomic E-state index is 9.58. The average molecular weight is 317 g/mol. The Morgan fingerprint density at radius 3 is 2.43 bits per heavy atom. The van der Waals surface area contributed by atoms with Crippen molar-refractivity contribution < 1.29 is 4.74 Å². The molecule has 0 amide bonds. The molecule has 0 spiro atoms. The highest BCUT2D eigenvalue weighted by Crippen LogP contribution is 2.28. The molecule has 23 heavy (non-hydrogen) atoms. The smallest absolute Gasteiger partial charge is 0.212 e. The van der Waals surface area contributed by atoms with E-state index in [1.807, 2.05) is 57.9 Å². The summed E-state index contributed by atoms with van der Waals surface area (Å²) in [5.41, 5.74) is 1.65. The molecule has 1 aromatic heterocycles. The number of nitrogens with one attached hydrogen (secondary N) is 1. The van der Waals surface area contributed by atoms with E-state index in [2.05, 4.69) is 22.9 Å². The third-order valence-corrected chi connectivity index (χ3v) is 3.39. The summed E-state index contributed by atoms with van der Waals surface area (Å²) in [5.74, 6) is 1.33. The lowest BCUT2D eigenvalue weighted by Crippen LogP contribution is -2.50. The first-order chi connectivity index (χ1) is 10.8. The molecule has 6 nitrogen and oxygen atoms in total. The Morgan fingerprint density at radius 2 is 2.00 bits per heavy atom. The van der Waals surface area contributed by atoms with Gasteiger partial charge in [0.05, 0.1) is 0 Å². The van der Waals surface area contributed by atoms with Crippen LogP contribution in [0.15, 0.2) is 18.8 Å². The van der Waals surface area contributed by atoms with Crippen molar-refractivity contribution in [1.29, 1.82) is 5.26 Å². The van der Waals surface area contributed by atoms with E-state index < -0.39 is 6.10 Å². The molecule has 1 rings (SSSR count). The number of allylic oxidation sites excluding steroid dienone is 1. The predicted molar refractivity (Wildman–Crippen MR) is 94.3 cm³/mol. The lowest BCUT2D eigenvalue weighted by molar-refractivity contribution is 0.0406. The second-order valence-electron chi connectivity index (χ2n) is 5.88. The van der Waals surface area contributed by atoms with Crippen LogP contribution in [0.5, 0.6) is 5.75 Å². The number of hydrogen-bond donors (Lipinski definition) is 1. The third kappa shape index (κ3) is 4.95. The molecule has 126 valence electrons. The van der Waals surface area contributed by atoms with Gasteiger partial charge in [0.15, 0.2) is 0 Å². The average Bonchev–Trinajstić information content (AvgIpc) is 2.45. The minimum absolute atomic E-state index is 0.172. The second kappa shape index (κ2) is 8.51. The van der Waals surface area contributed by atoms with Gasteiger partial charge in [0.2, 0.25) is 6.10 Å². The zero-order valence-corrected chi connectivity index (χ0v) is 14.9. The number of rotatable bonds is 8. The fraction of sp³-hybridized carbons (Fsp3) is 0.529. The third-order valence-electron chi connectivity index (χ3n) is 3.39. The van der Waals surface area contributed by atoms with E-state index in [9.17, 15) is 5.26 Å². The molecule has 0 fully saturated rings. The Labute approximate surface area is 139 Å². The van der Waals surface area contributed by atoms with Gasteiger partial charge < -0.3 is 10.1 Å². The minimum atomic E-state index is -0.644. The molecule has 0 bridgehead atoms. The van der Waals surface area contributed by atoms with Crippen molar-refractivity contribution in [2.75, 3.05) is 40.1 Å². The topological polar surface area (TPSA) is 64.4 Å². The molecule has 1 unspecified atom stereocenters. The van der Waals surface area contributed by atoms with E-state index in [0.29, 0.717) is 5.75 Å². The molecule has 0 saturated carbocycles. The number of anilines is 1. The second-order valence-corrected chi connectivity index (χ2v) is 5.88. The van der Waals surface area contributed by atoms with Gasteiger partial charge in [0.1, 0.15) is 23.8 Å². The fourth-order valence-corrected chi connectivity index (χ4v) is 2.43. The summed E-state index contributed by atoms with van der Waals surface area (Å²) in [6, 6.07) is 4.07. The molecule has 0 aliphatic heterocycles. The Morgan fingerprint density at radius 1 is 1.39 bits per heavy atom. The van der Waals surface area contributed by atoms with Crippen LogP contribution in [0.4, 0.5) is 5.82 Å². The van der Waals surface area contributed by atoms with Crippen LogP contribution < -0.4 is 10.1 Å². The van der Waals surface area contributed by atoms with Gasteiger partial charge in [-0.05, 0) is 47.6 Å². The summed E-state index contributed by atoms with van der Waals surface area (Å²) in [6.45, 7) is 8.63. The lowest BCUT2D eigenvalue weighted by atomic mass is 10.1. The van der Waals surface area contributed by atoms with Gasteiger partial charge in [-0.3, -0.25) is 9.80 Å². The van der Waals surface area contributed by atoms with E-state index in [1.165, 1.54) is 0 Å². The van der Waals surface area contributed by atoms with E-state index in [-0.39, 0.29) is 6.17 Å². The van der Waals surface area contributed by atoms with E-state index in [4.69, 9.17) is 4.74 Å². The monoisotopic (exact) mass is 317 g/mol. The summed E-state index contributed by atoms with van der Waals surface area (Å²) in [5, 5.41) is 12.7. The van der Waals surface area contributed by atoms with Crippen molar-refractivity contribution >= 4 is 11.4 Å². The van der Waals surface area contributed by atoms with Crippen LogP contribution in [0.25, 0.3) is 5.57 Å². The maximum Gasteiger partial charge on any atom is 0.212 e. The normalized spacial score (nSPS) is 12.3. The van der Waals surface area contributed by atoms with Gasteiger partial charge in [-0.25, -0.2) is 4.98 Å². The van der Waals surface area contributed by atoms with Crippen molar-refractivity contribution in [2.24, 2.45) is 0 Å². The number of nitriles is 1. The standard InChI is InChI=1S/C17H27N5O/c1-8-19-16-9-14(13(11-20-16)12(2)3)23-15(10-18)17(21(4)5)22(6)7/h9,11,15,17H,2,8H2,1,3-7H3,(H,19,20). The molecular weight excluding hydrogens is 290 g/mol. The van der Waals surface area contributed by atoms with Crippen molar-refractivity contribution in [3.63, 3.8) is 0 Å². The van der Waals surface area contributed by atoms with Gasteiger partial charge >= 0.3 is 0 Å². The van der Waals surface area contributed by atoms with Crippen LogP contribution >= 0.6 is 0 Å². The highest BCUT2D eigenvalue weighted by Gasteiger charge is 2.28. The largest absolute Gasteiger partial charge is 0.472 e. The molecule has 0 saturated heterocycles. The SMILES string of the molecule is C=C(C)c1cnc(NCC)cc1OC(C#N)C(N(C)C)N(C)C. The Kier molecular flexibility index (Phi) is 7.01. The highest BCUT2D eigenvalue weighted by atomic mass is 16.5. The molecule has 1 aromatic rings. The van der Waals surface area contributed by atoms with E-state index >= 15 is 0 Å². The van der Waals surface area contributed by atoms with Crippen LogP contribution in [0.2, 0.25) is 0 Å². The van der Waals surface area contributed by atoms with Gasteiger partial charge in [-0.1, -0.05) is 6.58 Å². The minimum Gasteiger partial charge on any atom is -0.472 e. The quantitative estimate of drug-likeness (QED) is 0.742. The first kappa shape index (κ1) is 18.9. The van der Waals surface area contributed by atoms with Crippen LogP contribution in [-0.2, 0) is 0 Å². The van der Waals surface area contributed by atoms with Crippen molar-refractivity contribution in [3.05, 3.63) is 24.4 Å². The summed E-state index contributed by atoms with van der Waals surface area (Å²) in [6.07, 6.45) is 0.911. The first-order valence-corrected chi connectivity index (χ1v) is 7.60. The zero-order valence-electron chi connectivity index (χ0n) is 14.9. The van der Waals surface area contributed by atoms with Gasteiger partial charge in [0, 0.05) is 24.4 Å². The molecule has 0 radical (unpaired) electrons. The number of ether oxygens (including phenoxy) is 1. The van der Waals surface area contributed by atoms with E-state index in [0.717, 1.165) is 23.5 Å². The Hall–Kier alpha value is -2.10. The number of nitrogens with zero attached hydrogens (tertiary/aromatic N) is 4. The molecule has 6 heteroatoms. The van der Waals surface area contributed by atoms with Gasteiger partial charge in [-0.2, -0.15) is 5.26 Å². The van der Waals surface area contributed by atoms with E-state index in [1.54, 1.807) is 6.20 Å². The van der Waals surface area contributed by atoms with Crippen molar-refractivity contribution in [1.82, 2.24) is 14.8 Å². The molecule has 1 N–H and O–H groups in total. The fourth-order valence-electron chi connectivity index (χ4n) is 2.43. The summed E-state index contributed by atoms with van der Waals surface area (Å²) >= 11 is 0. The van der Waals surface area contributed by atoms with Crippen LogP contribution in [0.1, 0.15) is 19.4 Å². The van der Waals surface area contributed by atoms with Gasteiger partial charge in [0.25, 0.3) is 0 Å². The van der Waals surface area contributed by atoms with Crippen LogP contribution in [0, 0.1) is 11.3 Å². The number of pyridine rings is 1. The summed E-state index contributed by atoms with van der Waals surface area (Å²) in [7, 11) is 7.70. The molecule has 1 heterocycles. The predicted octanol–water partition coefficient (Wildman–Crippen LogP) is 2.27. The van der Waals surface area contributed by atoms with Gasteiger partial charge in [-0.15, -0.1) is 0 Å². The maximum atomic E-state index is 9.58. The van der Waals surface area contributed by atoms with Crippen molar-refractivity contribution in [3.8, 4) is 11.8 Å². The molecule has 0 aromatic carbocycles.